The fourth-order valence-corrected chi connectivity index (χ4v) is 1.19. The molecule has 2 nitrogen and oxygen atoms in total. The zero-order chi connectivity index (χ0) is 7.83. The summed E-state index contributed by atoms with van der Waals surface area (Å²) in [6.07, 6.45) is 2.65. The Morgan fingerprint density at radius 2 is 2.00 bits per heavy atom. The quantitative estimate of drug-likeness (QED) is 0.647. The van der Waals surface area contributed by atoms with Crippen LogP contribution in [0, 0.1) is 0 Å². The fourth-order valence-electron chi connectivity index (χ4n) is 1.19. The van der Waals surface area contributed by atoms with Crippen molar-refractivity contribution in [3.05, 3.63) is 0 Å². The molecule has 0 radical (unpaired) electrons. The van der Waals surface area contributed by atoms with Crippen molar-refractivity contribution < 1.29 is 9.84 Å². The molecule has 0 atom stereocenters. The molecule has 1 aliphatic rings. The van der Waals surface area contributed by atoms with Crippen molar-refractivity contribution in [3.8, 4) is 0 Å². The molecule has 1 aliphatic carbocycles. The Kier molecular flexibility index (Phi) is 1.77. The predicted molar refractivity (Wildman–Crippen MR) is 39.9 cm³/mol. The van der Waals surface area contributed by atoms with Gasteiger partial charge in [0.05, 0.1) is 11.2 Å². The van der Waals surface area contributed by atoms with Crippen LogP contribution in [0.15, 0.2) is 0 Å². The van der Waals surface area contributed by atoms with Crippen molar-refractivity contribution in [3.63, 3.8) is 0 Å². The van der Waals surface area contributed by atoms with E-state index < -0.39 is 0 Å². The van der Waals surface area contributed by atoms with E-state index in [-0.39, 0.29) is 11.2 Å². The second kappa shape index (κ2) is 2.21. The highest BCUT2D eigenvalue weighted by atomic mass is 16.5. The maximum Gasteiger partial charge on any atom is 0.0677 e. The Balaban J connectivity index is 2.36. The molecular formula is C8H16O2. The fraction of sp³-hybridized carbons (Fsp3) is 1.00. The van der Waals surface area contributed by atoms with E-state index in [1.54, 1.807) is 7.11 Å². The van der Waals surface area contributed by atoms with Crippen LogP contribution >= 0.6 is 0 Å². The van der Waals surface area contributed by atoms with Gasteiger partial charge in [0.25, 0.3) is 0 Å². The summed E-state index contributed by atoms with van der Waals surface area (Å²) in [6, 6.07) is 0. The lowest BCUT2D eigenvalue weighted by molar-refractivity contribution is -0.0273. The standard InChI is InChI=1S/C8H16O2/c1-7(2,10-3)6-8(9)4-5-8/h9H,4-6H2,1-3H3. The van der Waals surface area contributed by atoms with Gasteiger partial charge in [-0.25, -0.2) is 0 Å². The third kappa shape index (κ3) is 1.96. The molecule has 0 amide bonds. The van der Waals surface area contributed by atoms with Gasteiger partial charge >= 0.3 is 0 Å². The summed E-state index contributed by atoms with van der Waals surface area (Å²) in [5.41, 5.74) is -0.551. The van der Waals surface area contributed by atoms with Gasteiger partial charge in [-0.3, -0.25) is 0 Å². The summed E-state index contributed by atoms with van der Waals surface area (Å²) in [6.45, 7) is 4.01. The topological polar surface area (TPSA) is 29.5 Å². The van der Waals surface area contributed by atoms with Crippen LogP contribution in [-0.4, -0.2) is 23.4 Å². The van der Waals surface area contributed by atoms with Crippen molar-refractivity contribution >= 4 is 0 Å². The van der Waals surface area contributed by atoms with Crippen molar-refractivity contribution in [1.29, 1.82) is 0 Å². The van der Waals surface area contributed by atoms with E-state index in [1.165, 1.54) is 0 Å². The number of ether oxygens (including phenoxy) is 1. The van der Waals surface area contributed by atoms with E-state index in [9.17, 15) is 5.11 Å². The Morgan fingerprint density at radius 3 is 2.30 bits per heavy atom. The first-order chi connectivity index (χ1) is 4.47. The molecule has 1 rings (SSSR count). The van der Waals surface area contributed by atoms with Gasteiger partial charge in [0, 0.05) is 13.5 Å². The third-order valence-corrected chi connectivity index (χ3v) is 2.13. The van der Waals surface area contributed by atoms with Crippen LogP contribution < -0.4 is 0 Å². The number of aliphatic hydroxyl groups is 1. The van der Waals surface area contributed by atoms with Crippen molar-refractivity contribution in [2.24, 2.45) is 0 Å². The molecule has 0 aromatic carbocycles. The number of hydrogen-bond donors (Lipinski definition) is 1. The number of rotatable bonds is 3. The summed E-state index contributed by atoms with van der Waals surface area (Å²) in [5.74, 6) is 0. The first-order valence-electron chi connectivity index (χ1n) is 3.75. The highest BCUT2D eigenvalue weighted by Crippen LogP contribution is 2.42. The van der Waals surface area contributed by atoms with Gasteiger partial charge in [-0.2, -0.15) is 0 Å². The van der Waals surface area contributed by atoms with Gasteiger partial charge in [-0.15, -0.1) is 0 Å². The maximum absolute atomic E-state index is 9.52. The number of hydrogen-bond acceptors (Lipinski definition) is 2. The lowest BCUT2D eigenvalue weighted by Gasteiger charge is -2.25. The molecule has 0 aromatic heterocycles. The summed E-state index contributed by atoms with van der Waals surface area (Å²) in [5, 5.41) is 9.52. The summed E-state index contributed by atoms with van der Waals surface area (Å²) in [7, 11) is 1.69. The van der Waals surface area contributed by atoms with Gasteiger partial charge in [0.2, 0.25) is 0 Å². The van der Waals surface area contributed by atoms with Gasteiger partial charge in [-0.05, 0) is 26.7 Å². The normalized spacial score (nSPS) is 22.8. The predicted octanol–water partition coefficient (Wildman–Crippen LogP) is 1.33. The third-order valence-electron chi connectivity index (χ3n) is 2.13. The van der Waals surface area contributed by atoms with E-state index >= 15 is 0 Å². The highest BCUT2D eigenvalue weighted by molar-refractivity contribution is 4.97. The maximum atomic E-state index is 9.52. The van der Waals surface area contributed by atoms with Gasteiger partial charge in [-0.1, -0.05) is 0 Å². The van der Waals surface area contributed by atoms with Crippen LogP contribution in [0.25, 0.3) is 0 Å². The lowest BCUT2D eigenvalue weighted by Crippen LogP contribution is -2.29. The van der Waals surface area contributed by atoms with Gasteiger partial charge in [0.1, 0.15) is 0 Å². The Morgan fingerprint density at radius 1 is 1.50 bits per heavy atom. The zero-order valence-corrected chi connectivity index (χ0v) is 6.98. The van der Waals surface area contributed by atoms with Gasteiger partial charge in [0.15, 0.2) is 0 Å². The second-order valence-corrected chi connectivity index (χ2v) is 3.86. The smallest absolute Gasteiger partial charge is 0.0677 e. The minimum atomic E-state index is -0.389. The molecule has 2 heteroatoms. The SMILES string of the molecule is COC(C)(C)CC1(O)CC1. The van der Waals surface area contributed by atoms with Crippen LogP contribution in [-0.2, 0) is 4.74 Å². The summed E-state index contributed by atoms with van der Waals surface area (Å²) >= 11 is 0. The zero-order valence-electron chi connectivity index (χ0n) is 6.98. The second-order valence-electron chi connectivity index (χ2n) is 3.86. The molecule has 0 aliphatic heterocycles. The molecular weight excluding hydrogens is 128 g/mol. The molecule has 0 heterocycles. The molecule has 10 heavy (non-hydrogen) atoms. The lowest BCUT2D eigenvalue weighted by atomic mass is 9.99. The van der Waals surface area contributed by atoms with Crippen molar-refractivity contribution in [1.82, 2.24) is 0 Å². The minimum absolute atomic E-state index is 0.161. The molecule has 0 unspecified atom stereocenters. The largest absolute Gasteiger partial charge is 0.390 e. The Labute approximate surface area is 62.2 Å². The molecule has 60 valence electrons. The van der Waals surface area contributed by atoms with E-state index in [4.69, 9.17) is 4.74 Å². The van der Waals surface area contributed by atoms with E-state index in [1.807, 2.05) is 13.8 Å². The molecule has 0 bridgehead atoms. The Bertz CT molecular complexity index is 125. The highest BCUT2D eigenvalue weighted by Gasteiger charge is 2.44. The molecule has 0 aromatic rings. The van der Waals surface area contributed by atoms with Crippen LogP contribution in [0.3, 0.4) is 0 Å². The van der Waals surface area contributed by atoms with Crippen molar-refractivity contribution in [2.45, 2.75) is 44.3 Å². The molecule has 0 saturated heterocycles. The first-order valence-corrected chi connectivity index (χ1v) is 3.75. The number of methoxy groups -OCH3 is 1. The molecule has 1 fully saturated rings. The summed E-state index contributed by atoms with van der Waals surface area (Å²) < 4.78 is 5.19. The minimum Gasteiger partial charge on any atom is -0.390 e. The first kappa shape index (κ1) is 8.02. The molecule has 0 spiro atoms. The average Bonchev–Trinajstić information content (AvgIpc) is 2.47. The van der Waals surface area contributed by atoms with Gasteiger partial charge < -0.3 is 9.84 Å². The Hall–Kier alpha value is -0.0800. The van der Waals surface area contributed by atoms with E-state index in [0.29, 0.717) is 0 Å². The molecule has 1 saturated carbocycles. The van der Waals surface area contributed by atoms with Crippen molar-refractivity contribution in [2.75, 3.05) is 7.11 Å². The van der Waals surface area contributed by atoms with Crippen LogP contribution in [0.2, 0.25) is 0 Å². The molecule has 1 N–H and O–H groups in total. The average molecular weight is 144 g/mol. The monoisotopic (exact) mass is 144 g/mol. The van der Waals surface area contributed by atoms with Crippen LogP contribution in [0.5, 0.6) is 0 Å². The summed E-state index contributed by atoms with van der Waals surface area (Å²) in [4.78, 5) is 0. The van der Waals surface area contributed by atoms with Crippen LogP contribution in [0.1, 0.15) is 33.1 Å². The van der Waals surface area contributed by atoms with E-state index in [2.05, 4.69) is 0 Å². The van der Waals surface area contributed by atoms with E-state index in [0.717, 1.165) is 19.3 Å². The van der Waals surface area contributed by atoms with Crippen LogP contribution in [0.4, 0.5) is 0 Å².